The van der Waals surface area contributed by atoms with E-state index in [-0.39, 0.29) is 18.7 Å². The standard InChI is InChI=1S/C22H25N5O/c1-16-6-4-7-17(12-16)22(19-9-2-3-10-23-19)26-20-13-21(25-15-24-20)27-11-5-8-18(27)14-28/h2-4,6-7,9-10,12-13,15,18,22,28H,5,8,11,14H2,1H3,(H,24,25,26). The molecule has 2 aromatic heterocycles. The van der Waals surface area contributed by atoms with Gasteiger partial charge in [-0.1, -0.05) is 35.9 Å². The maximum Gasteiger partial charge on any atom is 0.134 e. The minimum atomic E-state index is -0.115. The normalized spacial score (nSPS) is 17.5. The van der Waals surface area contributed by atoms with E-state index in [0.29, 0.717) is 0 Å². The molecule has 0 saturated carbocycles. The van der Waals surface area contributed by atoms with Gasteiger partial charge in [0.2, 0.25) is 0 Å². The fraction of sp³-hybridized carbons (Fsp3) is 0.318. The summed E-state index contributed by atoms with van der Waals surface area (Å²) in [5.74, 6) is 1.59. The maximum atomic E-state index is 9.63. The number of aryl methyl sites for hydroxylation is 1. The van der Waals surface area contributed by atoms with Gasteiger partial charge in [0.1, 0.15) is 18.0 Å². The van der Waals surface area contributed by atoms with E-state index < -0.39 is 0 Å². The van der Waals surface area contributed by atoms with Gasteiger partial charge in [0.15, 0.2) is 0 Å². The number of aliphatic hydroxyl groups excluding tert-OH is 1. The maximum absolute atomic E-state index is 9.63. The number of nitrogens with zero attached hydrogens (tertiary/aromatic N) is 4. The van der Waals surface area contributed by atoms with Gasteiger partial charge in [-0.15, -0.1) is 0 Å². The van der Waals surface area contributed by atoms with Crippen molar-refractivity contribution in [2.75, 3.05) is 23.4 Å². The Balaban J connectivity index is 1.65. The van der Waals surface area contributed by atoms with Gasteiger partial charge in [0, 0.05) is 18.8 Å². The van der Waals surface area contributed by atoms with Crippen molar-refractivity contribution in [3.05, 3.63) is 77.9 Å². The minimum absolute atomic E-state index is 0.115. The van der Waals surface area contributed by atoms with Crippen LogP contribution in [0.15, 0.2) is 61.1 Å². The highest BCUT2D eigenvalue weighted by Crippen LogP contribution is 2.28. The molecule has 0 radical (unpaired) electrons. The molecule has 6 nitrogen and oxygen atoms in total. The molecule has 3 heterocycles. The van der Waals surface area contributed by atoms with Crippen LogP contribution in [0.3, 0.4) is 0 Å². The number of pyridine rings is 1. The lowest BCUT2D eigenvalue weighted by molar-refractivity contribution is 0.266. The Morgan fingerprint density at radius 2 is 2.07 bits per heavy atom. The van der Waals surface area contributed by atoms with Crippen LogP contribution in [0.1, 0.15) is 35.7 Å². The van der Waals surface area contributed by atoms with E-state index in [2.05, 4.69) is 56.4 Å². The number of aromatic nitrogens is 3. The fourth-order valence-corrected chi connectivity index (χ4v) is 3.78. The van der Waals surface area contributed by atoms with Crippen molar-refractivity contribution in [1.82, 2.24) is 15.0 Å². The molecule has 1 saturated heterocycles. The molecule has 0 bridgehead atoms. The first-order valence-electron chi connectivity index (χ1n) is 9.68. The highest BCUT2D eigenvalue weighted by Gasteiger charge is 2.25. The van der Waals surface area contributed by atoms with Crippen molar-refractivity contribution in [3.63, 3.8) is 0 Å². The monoisotopic (exact) mass is 375 g/mol. The molecule has 0 spiro atoms. The molecule has 28 heavy (non-hydrogen) atoms. The third-order valence-electron chi connectivity index (χ3n) is 5.19. The largest absolute Gasteiger partial charge is 0.394 e. The Kier molecular flexibility index (Phi) is 5.48. The fourth-order valence-electron chi connectivity index (χ4n) is 3.78. The summed E-state index contributed by atoms with van der Waals surface area (Å²) in [6, 6.07) is 16.3. The SMILES string of the molecule is Cc1cccc(C(Nc2cc(N3CCCC3CO)ncn2)c2ccccn2)c1. The Bertz CT molecular complexity index is 918. The summed E-state index contributed by atoms with van der Waals surface area (Å²) < 4.78 is 0. The molecule has 1 aliphatic rings. The van der Waals surface area contributed by atoms with Crippen LogP contribution in [0.2, 0.25) is 0 Å². The molecule has 1 aromatic carbocycles. The zero-order chi connectivity index (χ0) is 19.3. The summed E-state index contributed by atoms with van der Waals surface area (Å²) in [4.78, 5) is 15.6. The lowest BCUT2D eigenvalue weighted by Gasteiger charge is -2.25. The molecule has 3 aromatic rings. The molecular weight excluding hydrogens is 350 g/mol. The van der Waals surface area contributed by atoms with E-state index in [1.165, 1.54) is 5.56 Å². The minimum Gasteiger partial charge on any atom is -0.394 e. The van der Waals surface area contributed by atoms with E-state index in [1.807, 2.05) is 24.3 Å². The first-order valence-corrected chi connectivity index (χ1v) is 9.68. The van der Waals surface area contributed by atoms with E-state index in [9.17, 15) is 5.11 Å². The summed E-state index contributed by atoms with van der Waals surface area (Å²) in [7, 11) is 0. The second kappa shape index (κ2) is 8.35. The van der Waals surface area contributed by atoms with Crippen LogP contribution in [-0.2, 0) is 0 Å². The summed E-state index contributed by atoms with van der Waals surface area (Å²) in [5.41, 5.74) is 3.27. The summed E-state index contributed by atoms with van der Waals surface area (Å²) in [5, 5.41) is 13.2. The number of rotatable bonds is 6. The average molecular weight is 375 g/mol. The molecule has 2 unspecified atom stereocenters. The average Bonchev–Trinajstić information content (AvgIpc) is 3.22. The number of hydrogen-bond donors (Lipinski definition) is 2. The van der Waals surface area contributed by atoms with Crippen LogP contribution in [0.4, 0.5) is 11.6 Å². The lowest BCUT2D eigenvalue weighted by atomic mass is 10.0. The van der Waals surface area contributed by atoms with Gasteiger partial charge in [-0.2, -0.15) is 0 Å². The quantitative estimate of drug-likeness (QED) is 0.688. The number of nitrogens with one attached hydrogen (secondary N) is 1. The molecule has 4 rings (SSSR count). The highest BCUT2D eigenvalue weighted by atomic mass is 16.3. The molecule has 0 amide bonds. The van der Waals surface area contributed by atoms with E-state index in [4.69, 9.17) is 0 Å². The zero-order valence-corrected chi connectivity index (χ0v) is 16.0. The molecule has 144 valence electrons. The van der Waals surface area contributed by atoms with Crippen LogP contribution in [0, 0.1) is 6.92 Å². The predicted octanol–water partition coefficient (Wildman–Crippen LogP) is 3.34. The smallest absolute Gasteiger partial charge is 0.134 e. The first kappa shape index (κ1) is 18.4. The van der Waals surface area contributed by atoms with E-state index >= 15 is 0 Å². The van der Waals surface area contributed by atoms with Crippen molar-refractivity contribution in [1.29, 1.82) is 0 Å². The summed E-state index contributed by atoms with van der Waals surface area (Å²) in [6.07, 6.45) is 5.44. The third kappa shape index (κ3) is 3.97. The Morgan fingerprint density at radius 3 is 2.86 bits per heavy atom. The Hall–Kier alpha value is -2.99. The zero-order valence-electron chi connectivity index (χ0n) is 16.0. The van der Waals surface area contributed by atoms with Gasteiger partial charge >= 0.3 is 0 Å². The highest BCUT2D eigenvalue weighted by molar-refractivity contribution is 5.52. The molecular formula is C22H25N5O. The van der Waals surface area contributed by atoms with Crippen LogP contribution >= 0.6 is 0 Å². The first-order chi connectivity index (χ1) is 13.7. The van der Waals surface area contributed by atoms with Gasteiger partial charge in [-0.25, -0.2) is 9.97 Å². The number of anilines is 2. The molecule has 6 heteroatoms. The van der Waals surface area contributed by atoms with Gasteiger partial charge < -0.3 is 15.3 Å². The number of aliphatic hydroxyl groups is 1. The Morgan fingerprint density at radius 1 is 1.14 bits per heavy atom. The second-order valence-corrected chi connectivity index (χ2v) is 7.18. The van der Waals surface area contributed by atoms with Gasteiger partial charge in [-0.3, -0.25) is 4.98 Å². The van der Waals surface area contributed by atoms with Gasteiger partial charge in [-0.05, 0) is 37.5 Å². The lowest BCUT2D eigenvalue weighted by Crippen LogP contribution is -2.32. The van der Waals surface area contributed by atoms with Crippen molar-refractivity contribution in [3.8, 4) is 0 Å². The molecule has 1 aliphatic heterocycles. The van der Waals surface area contributed by atoms with Crippen molar-refractivity contribution in [2.24, 2.45) is 0 Å². The number of hydrogen-bond acceptors (Lipinski definition) is 6. The van der Waals surface area contributed by atoms with Crippen molar-refractivity contribution >= 4 is 11.6 Å². The van der Waals surface area contributed by atoms with Crippen LogP contribution in [0.5, 0.6) is 0 Å². The van der Waals surface area contributed by atoms with Crippen LogP contribution in [0.25, 0.3) is 0 Å². The molecule has 0 aliphatic carbocycles. The predicted molar refractivity (Wildman–Crippen MR) is 110 cm³/mol. The molecule has 2 atom stereocenters. The van der Waals surface area contributed by atoms with Crippen LogP contribution in [-0.4, -0.2) is 39.3 Å². The topological polar surface area (TPSA) is 74.2 Å². The third-order valence-corrected chi connectivity index (χ3v) is 5.19. The Labute approximate surface area is 165 Å². The van der Waals surface area contributed by atoms with E-state index in [1.54, 1.807) is 12.5 Å². The van der Waals surface area contributed by atoms with Gasteiger partial charge in [0.25, 0.3) is 0 Å². The molecule has 2 N–H and O–H groups in total. The number of benzene rings is 1. The van der Waals surface area contributed by atoms with E-state index in [0.717, 1.165) is 42.3 Å². The summed E-state index contributed by atoms with van der Waals surface area (Å²) >= 11 is 0. The summed E-state index contributed by atoms with van der Waals surface area (Å²) in [6.45, 7) is 3.14. The van der Waals surface area contributed by atoms with Crippen LogP contribution < -0.4 is 10.2 Å². The second-order valence-electron chi connectivity index (χ2n) is 7.18. The molecule has 1 fully saturated rings. The van der Waals surface area contributed by atoms with Gasteiger partial charge in [0.05, 0.1) is 24.4 Å². The van der Waals surface area contributed by atoms with Crippen molar-refractivity contribution in [2.45, 2.75) is 31.8 Å². The van der Waals surface area contributed by atoms with Crippen molar-refractivity contribution < 1.29 is 5.11 Å².